The molecule has 0 aliphatic carbocycles. The average molecular weight is 265 g/mol. The van der Waals surface area contributed by atoms with E-state index in [4.69, 9.17) is 9.15 Å². The van der Waals surface area contributed by atoms with Crippen LogP contribution in [-0.4, -0.2) is 14.2 Å². The van der Waals surface area contributed by atoms with Crippen molar-refractivity contribution in [3.8, 4) is 0 Å². The van der Waals surface area contributed by atoms with Gasteiger partial charge < -0.3 is 14.5 Å². The zero-order valence-electron chi connectivity index (χ0n) is 11.2. The molecule has 0 bridgehead atoms. The normalized spacial score (nSPS) is 12.9. The molecule has 2 aromatic rings. The number of nitrogens with one attached hydrogen (secondary N) is 1. The maximum atomic E-state index is 5.80. The standard InChI is InChI=1S/C14H19NO2S/c1-9-7-13(18-10(9)2)14(15-3)12-6-5-11(17-12)8-16-4/h5-7,14-15H,8H2,1-4H3. The Balaban J connectivity index is 2.26. The number of rotatable bonds is 5. The molecule has 98 valence electrons. The molecular formula is C14H19NO2S. The molecule has 18 heavy (non-hydrogen) atoms. The third-order valence-corrected chi connectivity index (χ3v) is 4.23. The number of furan rings is 1. The summed E-state index contributed by atoms with van der Waals surface area (Å²) in [4.78, 5) is 2.64. The summed E-state index contributed by atoms with van der Waals surface area (Å²) in [5.74, 6) is 1.79. The van der Waals surface area contributed by atoms with Crippen LogP contribution in [0.5, 0.6) is 0 Å². The second-order valence-electron chi connectivity index (χ2n) is 4.35. The Morgan fingerprint density at radius 1 is 1.39 bits per heavy atom. The van der Waals surface area contributed by atoms with E-state index in [-0.39, 0.29) is 6.04 Å². The smallest absolute Gasteiger partial charge is 0.129 e. The number of thiophene rings is 1. The lowest BCUT2D eigenvalue weighted by Gasteiger charge is -2.11. The Kier molecular flexibility index (Phi) is 4.22. The number of hydrogen-bond donors (Lipinski definition) is 1. The molecule has 1 atom stereocenters. The number of methoxy groups -OCH3 is 1. The van der Waals surface area contributed by atoms with Gasteiger partial charge in [0.1, 0.15) is 24.2 Å². The first-order chi connectivity index (χ1) is 8.65. The van der Waals surface area contributed by atoms with Crippen LogP contribution in [0, 0.1) is 13.8 Å². The third kappa shape index (κ3) is 2.66. The Labute approximate surface area is 112 Å². The molecule has 1 unspecified atom stereocenters. The summed E-state index contributed by atoms with van der Waals surface area (Å²) in [5.41, 5.74) is 1.33. The fraction of sp³-hybridized carbons (Fsp3) is 0.429. The summed E-state index contributed by atoms with van der Waals surface area (Å²) < 4.78 is 10.9. The molecule has 4 heteroatoms. The lowest BCUT2D eigenvalue weighted by atomic mass is 10.1. The summed E-state index contributed by atoms with van der Waals surface area (Å²) in [6, 6.07) is 6.32. The molecule has 0 aliphatic rings. The van der Waals surface area contributed by atoms with Crippen molar-refractivity contribution in [1.82, 2.24) is 5.32 Å². The van der Waals surface area contributed by atoms with E-state index in [2.05, 4.69) is 25.2 Å². The molecule has 0 saturated heterocycles. The monoisotopic (exact) mass is 265 g/mol. The molecule has 0 amide bonds. The van der Waals surface area contributed by atoms with Crippen LogP contribution in [0.15, 0.2) is 22.6 Å². The van der Waals surface area contributed by atoms with Crippen LogP contribution >= 0.6 is 11.3 Å². The zero-order chi connectivity index (χ0) is 13.1. The van der Waals surface area contributed by atoms with Crippen molar-refractivity contribution in [2.24, 2.45) is 0 Å². The zero-order valence-corrected chi connectivity index (χ0v) is 12.1. The largest absolute Gasteiger partial charge is 0.462 e. The minimum Gasteiger partial charge on any atom is -0.462 e. The molecule has 2 heterocycles. The van der Waals surface area contributed by atoms with Gasteiger partial charge >= 0.3 is 0 Å². The van der Waals surface area contributed by atoms with Gasteiger partial charge in [0.25, 0.3) is 0 Å². The van der Waals surface area contributed by atoms with Gasteiger partial charge in [0.15, 0.2) is 0 Å². The summed E-state index contributed by atoms with van der Waals surface area (Å²) in [7, 11) is 3.62. The fourth-order valence-corrected chi connectivity index (χ4v) is 3.10. The lowest BCUT2D eigenvalue weighted by molar-refractivity contribution is 0.162. The van der Waals surface area contributed by atoms with Crippen LogP contribution in [0.4, 0.5) is 0 Å². The second kappa shape index (κ2) is 5.69. The minimum atomic E-state index is 0.119. The van der Waals surface area contributed by atoms with Crippen molar-refractivity contribution in [2.75, 3.05) is 14.2 Å². The van der Waals surface area contributed by atoms with E-state index in [1.165, 1.54) is 15.3 Å². The predicted molar refractivity (Wildman–Crippen MR) is 74.1 cm³/mol. The summed E-state index contributed by atoms with van der Waals surface area (Å²) in [5, 5.41) is 3.31. The molecule has 0 spiro atoms. The van der Waals surface area contributed by atoms with Crippen molar-refractivity contribution >= 4 is 11.3 Å². The van der Waals surface area contributed by atoms with Gasteiger partial charge in [0.05, 0.1) is 0 Å². The SMILES string of the molecule is CNC(c1ccc(COC)o1)c1cc(C)c(C)s1. The van der Waals surface area contributed by atoms with Gasteiger partial charge in [-0.15, -0.1) is 11.3 Å². The van der Waals surface area contributed by atoms with Crippen LogP contribution in [0.3, 0.4) is 0 Å². The van der Waals surface area contributed by atoms with E-state index >= 15 is 0 Å². The van der Waals surface area contributed by atoms with E-state index in [1.807, 2.05) is 30.5 Å². The predicted octanol–water partition coefficient (Wildman–Crippen LogP) is 3.41. The van der Waals surface area contributed by atoms with Gasteiger partial charge in [-0.3, -0.25) is 0 Å². The quantitative estimate of drug-likeness (QED) is 0.899. The van der Waals surface area contributed by atoms with Crippen LogP contribution in [0.1, 0.15) is 32.9 Å². The van der Waals surface area contributed by atoms with Crippen molar-refractivity contribution in [3.63, 3.8) is 0 Å². The van der Waals surface area contributed by atoms with Crippen LogP contribution < -0.4 is 5.32 Å². The number of hydrogen-bond acceptors (Lipinski definition) is 4. The number of ether oxygens (including phenoxy) is 1. The van der Waals surface area contributed by atoms with Crippen LogP contribution in [0.25, 0.3) is 0 Å². The molecular weight excluding hydrogens is 246 g/mol. The van der Waals surface area contributed by atoms with Crippen molar-refractivity contribution in [2.45, 2.75) is 26.5 Å². The molecule has 0 saturated carbocycles. The van der Waals surface area contributed by atoms with E-state index in [0.29, 0.717) is 6.61 Å². The highest BCUT2D eigenvalue weighted by Gasteiger charge is 2.18. The molecule has 0 fully saturated rings. The van der Waals surface area contributed by atoms with Gasteiger partial charge in [0, 0.05) is 16.9 Å². The van der Waals surface area contributed by atoms with Crippen LogP contribution in [-0.2, 0) is 11.3 Å². The summed E-state index contributed by atoms with van der Waals surface area (Å²) >= 11 is 1.81. The highest BCUT2D eigenvalue weighted by Crippen LogP contribution is 2.31. The molecule has 2 aromatic heterocycles. The van der Waals surface area contributed by atoms with Gasteiger partial charge in [0.2, 0.25) is 0 Å². The fourth-order valence-electron chi connectivity index (χ4n) is 1.94. The molecule has 3 nitrogen and oxygen atoms in total. The van der Waals surface area contributed by atoms with Gasteiger partial charge in [-0.25, -0.2) is 0 Å². The van der Waals surface area contributed by atoms with Crippen molar-refractivity contribution < 1.29 is 9.15 Å². The maximum absolute atomic E-state index is 5.80. The van der Waals surface area contributed by atoms with Crippen LogP contribution in [0.2, 0.25) is 0 Å². The Morgan fingerprint density at radius 2 is 2.17 bits per heavy atom. The maximum Gasteiger partial charge on any atom is 0.129 e. The van der Waals surface area contributed by atoms with Crippen molar-refractivity contribution in [1.29, 1.82) is 0 Å². The van der Waals surface area contributed by atoms with E-state index in [9.17, 15) is 0 Å². The summed E-state index contributed by atoms with van der Waals surface area (Å²) in [6.45, 7) is 4.80. The first-order valence-corrected chi connectivity index (χ1v) is 6.79. The van der Waals surface area contributed by atoms with Gasteiger partial charge in [-0.05, 0) is 44.7 Å². The first kappa shape index (κ1) is 13.3. The van der Waals surface area contributed by atoms with E-state index in [0.717, 1.165) is 11.5 Å². The number of aryl methyl sites for hydroxylation is 2. The Hall–Kier alpha value is -1.10. The van der Waals surface area contributed by atoms with Gasteiger partial charge in [-0.2, -0.15) is 0 Å². The van der Waals surface area contributed by atoms with E-state index < -0.39 is 0 Å². The summed E-state index contributed by atoms with van der Waals surface area (Å²) in [6.07, 6.45) is 0. The molecule has 1 N–H and O–H groups in total. The first-order valence-electron chi connectivity index (χ1n) is 5.97. The van der Waals surface area contributed by atoms with Crippen molar-refractivity contribution in [3.05, 3.63) is 45.0 Å². The average Bonchev–Trinajstić information content (AvgIpc) is 2.90. The topological polar surface area (TPSA) is 34.4 Å². The molecule has 0 aromatic carbocycles. The van der Waals surface area contributed by atoms with Gasteiger partial charge in [-0.1, -0.05) is 0 Å². The minimum absolute atomic E-state index is 0.119. The lowest BCUT2D eigenvalue weighted by Crippen LogP contribution is -2.15. The third-order valence-electron chi connectivity index (χ3n) is 3.01. The highest BCUT2D eigenvalue weighted by molar-refractivity contribution is 7.12. The second-order valence-corrected chi connectivity index (χ2v) is 5.63. The Morgan fingerprint density at radius 3 is 2.72 bits per heavy atom. The molecule has 0 aliphatic heterocycles. The Bertz CT molecular complexity index is 496. The molecule has 0 radical (unpaired) electrons. The molecule has 2 rings (SSSR count). The highest BCUT2D eigenvalue weighted by atomic mass is 32.1. The van der Waals surface area contributed by atoms with E-state index in [1.54, 1.807) is 7.11 Å².